The van der Waals surface area contributed by atoms with Gasteiger partial charge in [-0.2, -0.15) is 0 Å². The fraction of sp³-hybridized carbons (Fsp3) is 0. The highest BCUT2D eigenvalue weighted by Crippen LogP contribution is 2.46. The van der Waals surface area contributed by atoms with Gasteiger partial charge in [-0.25, -0.2) is 29.9 Å². The SMILES string of the molecule is O=C(c1cccc(-n2c3ccc(-c4ccccc4)cc3c3c(-c4cccc(-c5nc(-c6ccccc6)nc(-c6cccc(-c7cc(-c8ccccc8)cc(-c8ccccc8)c7)c6)n5)c4)cccc32)c1)c1cccc(-n2c3ccc(-c4ccccc4)cc3c3c(-c4cccc(-c5nc(-c6ccccc6)nc(-c6cccc(-c7cc(-c8ccccc8)cc(-c8ccccc8)c7)c6)n5)c4)cccc32)c1. The van der Waals surface area contributed by atoms with Crippen molar-refractivity contribution in [1.82, 2.24) is 39.0 Å². The van der Waals surface area contributed by atoms with Crippen LogP contribution in [-0.2, 0) is 0 Å². The van der Waals surface area contributed by atoms with Gasteiger partial charge in [-0.15, -0.1) is 0 Å². The van der Waals surface area contributed by atoms with Crippen molar-refractivity contribution in [3.8, 4) is 191 Å². The van der Waals surface area contributed by atoms with Crippen molar-refractivity contribution in [2.75, 3.05) is 0 Å². The number of carbonyl (C=O) groups excluding carboxylic acids is 1. The first kappa shape index (κ1) is 81.0. The van der Waals surface area contributed by atoms with Gasteiger partial charge in [-0.1, -0.05) is 376 Å². The minimum atomic E-state index is -0.107. The van der Waals surface area contributed by atoms with Crippen LogP contribution < -0.4 is 0 Å². The smallest absolute Gasteiger partial charge is 0.193 e. The van der Waals surface area contributed by atoms with Crippen molar-refractivity contribution < 1.29 is 4.79 Å². The van der Waals surface area contributed by atoms with Crippen LogP contribution in [0.2, 0.25) is 0 Å². The number of hydrogen-bond acceptors (Lipinski definition) is 7. The standard InChI is InChI=1S/C127H82N8O/c136-121(97-53-29-59-109(79-97)134-115-67-65-93(83-33-9-1-10-34-83)81-113(115)119-111(61-31-63-117(119)134)95-51-27-57-101(71-95)126-130-122(89-45-21-7-22-46-89)128-124(132-126)99-55-25-49-91(69-99)107-75-103(85-37-13-3-14-38-85)73-104(76-107)86-39-15-4-16-40-86)98-54-30-60-110(80-98)135-116-68-66-94(84-35-11-2-12-36-84)82-114(116)120-112(62-32-64-118(120)135)96-52-28-58-102(72-96)127-131-123(90-47-23-8-24-48-90)129-125(133-127)100-56-26-50-92(70-100)108-77-105(87-41-17-5-18-42-87)74-106(78-108)88-43-19-6-20-44-88/h1-82H. The molecule has 636 valence electrons. The van der Waals surface area contributed by atoms with E-state index < -0.39 is 0 Å². The van der Waals surface area contributed by atoms with Crippen molar-refractivity contribution in [2.45, 2.75) is 0 Å². The van der Waals surface area contributed by atoms with E-state index >= 15 is 4.79 Å². The molecule has 0 unspecified atom stereocenters. The van der Waals surface area contributed by atoms with Gasteiger partial charge < -0.3 is 9.13 Å². The molecule has 4 heterocycles. The van der Waals surface area contributed by atoms with Crippen LogP contribution in [0.15, 0.2) is 497 Å². The number of fused-ring (bicyclic) bond motifs is 6. The third-order valence-electron chi connectivity index (χ3n) is 25.9. The summed E-state index contributed by atoms with van der Waals surface area (Å²) in [7, 11) is 0. The Morgan fingerprint density at radius 2 is 0.375 bits per heavy atom. The van der Waals surface area contributed by atoms with Crippen LogP contribution >= 0.6 is 0 Å². The molecule has 0 fully saturated rings. The molecule has 0 N–H and O–H groups in total. The number of carbonyl (C=O) groups is 1. The molecular formula is C127H82N8O. The molecule has 0 saturated carbocycles. The molecule has 0 spiro atoms. The Balaban J connectivity index is 0.586. The Kier molecular flexibility index (Phi) is 20.9. The minimum absolute atomic E-state index is 0.107. The summed E-state index contributed by atoms with van der Waals surface area (Å²) in [4.78, 5) is 47.8. The van der Waals surface area contributed by atoms with Gasteiger partial charge in [-0.05, 0) is 233 Å². The van der Waals surface area contributed by atoms with Crippen molar-refractivity contribution in [2.24, 2.45) is 0 Å². The van der Waals surface area contributed by atoms with E-state index in [1.807, 2.05) is 72.8 Å². The maximum Gasteiger partial charge on any atom is 0.193 e. The molecule has 0 aliphatic rings. The summed E-state index contributed by atoms with van der Waals surface area (Å²) in [6.45, 7) is 0. The van der Waals surface area contributed by atoms with Crippen molar-refractivity contribution in [1.29, 1.82) is 0 Å². The molecule has 0 saturated heterocycles. The first-order valence-corrected chi connectivity index (χ1v) is 45.9. The van der Waals surface area contributed by atoms with E-state index in [0.717, 1.165) is 200 Å². The number of aromatic nitrogens is 8. The average Bonchev–Trinajstić information content (AvgIpc) is 1.58. The zero-order valence-electron chi connectivity index (χ0n) is 73.8. The minimum Gasteiger partial charge on any atom is -0.309 e. The van der Waals surface area contributed by atoms with E-state index in [-0.39, 0.29) is 5.78 Å². The molecule has 4 aromatic heterocycles. The van der Waals surface area contributed by atoms with Crippen molar-refractivity contribution in [3.63, 3.8) is 0 Å². The second kappa shape index (κ2) is 35.2. The lowest BCUT2D eigenvalue weighted by atomic mass is 9.93. The normalized spacial score (nSPS) is 11.4. The lowest BCUT2D eigenvalue weighted by molar-refractivity contribution is 0.103. The first-order valence-electron chi connectivity index (χ1n) is 45.9. The Bertz CT molecular complexity index is 8080. The Morgan fingerprint density at radius 1 is 0.154 bits per heavy atom. The maximum absolute atomic E-state index is 15.9. The molecule has 9 heteroatoms. The zero-order valence-corrected chi connectivity index (χ0v) is 73.8. The van der Waals surface area contributed by atoms with Crippen LogP contribution in [0.25, 0.3) is 235 Å². The largest absolute Gasteiger partial charge is 0.309 e. The fourth-order valence-electron chi connectivity index (χ4n) is 19.3. The summed E-state index contributed by atoms with van der Waals surface area (Å²) in [5.74, 6) is 3.25. The molecular weight excluding hydrogens is 1650 g/mol. The van der Waals surface area contributed by atoms with E-state index in [2.05, 4.69) is 434 Å². The second-order valence-electron chi connectivity index (χ2n) is 34.4. The predicted octanol–water partition coefficient (Wildman–Crippen LogP) is 32.2. The van der Waals surface area contributed by atoms with Gasteiger partial charge in [0.15, 0.2) is 40.7 Å². The lowest BCUT2D eigenvalue weighted by Crippen LogP contribution is -2.04. The van der Waals surface area contributed by atoms with Gasteiger partial charge in [0.05, 0.1) is 22.1 Å². The zero-order chi connectivity index (χ0) is 90.4. The average molecular weight is 1740 g/mol. The summed E-state index contributed by atoms with van der Waals surface area (Å²) in [6.07, 6.45) is 0. The highest BCUT2D eigenvalue weighted by molar-refractivity contribution is 6.19. The summed E-state index contributed by atoms with van der Waals surface area (Å²) in [6, 6.07) is 174. The number of hydrogen-bond donors (Lipinski definition) is 0. The number of benzene rings is 20. The molecule has 136 heavy (non-hydrogen) atoms. The summed E-state index contributed by atoms with van der Waals surface area (Å²) in [5.41, 5.74) is 33.7. The fourth-order valence-corrected chi connectivity index (χ4v) is 19.3. The van der Waals surface area contributed by atoms with Crippen LogP contribution in [-0.4, -0.2) is 44.8 Å². The van der Waals surface area contributed by atoms with E-state index in [4.69, 9.17) is 29.9 Å². The quantitative estimate of drug-likeness (QED) is 0.0700. The van der Waals surface area contributed by atoms with Gasteiger partial charge >= 0.3 is 0 Å². The van der Waals surface area contributed by atoms with Crippen LogP contribution in [0.1, 0.15) is 15.9 Å². The second-order valence-corrected chi connectivity index (χ2v) is 34.4. The molecule has 24 rings (SSSR count). The lowest BCUT2D eigenvalue weighted by Gasteiger charge is -2.13. The van der Waals surface area contributed by atoms with Gasteiger partial charge in [0.2, 0.25) is 0 Å². The van der Waals surface area contributed by atoms with Gasteiger partial charge in [0.25, 0.3) is 0 Å². The maximum atomic E-state index is 15.9. The molecule has 0 atom stereocenters. The van der Waals surface area contributed by atoms with Crippen molar-refractivity contribution >= 4 is 49.4 Å². The Morgan fingerprint density at radius 3 is 0.684 bits per heavy atom. The first-order chi connectivity index (χ1) is 67.3. The van der Waals surface area contributed by atoms with Crippen LogP contribution in [0.5, 0.6) is 0 Å². The van der Waals surface area contributed by atoms with Crippen LogP contribution in [0.4, 0.5) is 0 Å². The highest BCUT2D eigenvalue weighted by atomic mass is 16.1. The highest BCUT2D eigenvalue weighted by Gasteiger charge is 2.26. The summed E-state index contributed by atoms with van der Waals surface area (Å²) in [5, 5.41) is 4.25. The molecule has 24 aromatic rings. The van der Waals surface area contributed by atoms with E-state index in [0.29, 0.717) is 46.1 Å². The van der Waals surface area contributed by atoms with Crippen LogP contribution in [0, 0.1) is 0 Å². The number of rotatable bonds is 20. The summed E-state index contributed by atoms with van der Waals surface area (Å²) < 4.78 is 4.62. The number of ketones is 1. The topological polar surface area (TPSA) is 104 Å². The van der Waals surface area contributed by atoms with E-state index in [1.54, 1.807) is 0 Å². The van der Waals surface area contributed by atoms with Gasteiger partial charge in [-0.3, -0.25) is 4.79 Å². The molecule has 0 aliphatic heterocycles. The van der Waals surface area contributed by atoms with Crippen molar-refractivity contribution in [3.05, 3.63) is 509 Å². The predicted molar refractivity (Wildman–Crippen MR) is 559 cm³/mol. The summed E-state index contributed by atoms with van der Waals surface area (Å²) >= 11 is 0. The van der Waals surface area contributed by atoms with Crippen LogP contribution in [0.3, 0.4) is 0 Å². The molecule has 9 nitrogen and oxygen atoms in total. The molecule has 0 bridgehead atoms. The molecule has 20 aromatic carbocycles. The number of nitrogens with zero attached hydrogens (tertiary/aromatic N) is 8. The Hall–Kier alpha value is -18.3. The third-order valence-corrected chi connectivity index (χ3v) is 25.9. The molecule has 0 radical (unpaired) electrons. The monoisotopic (exact) mass is 1730 g/mol. The van der Waals surface area contributed by atoms with Gasteiger partial charge in [0, 0.05) is 77.4 Å². The third kappa shape index (κ3) is 15.7. The van der Waals surface area contributed by atoms with Gasteiger partial charge in [0.1, 0.15) is 0 Å². The molecule has 0 aliphatic carbocycles. The van der Waals surface area contributed by atoms with E-state index in [9.17, 15) is 0 Å². The Labute approximate surface area is 787 Å². The molecule has 0 amide bonds. The van der Waals surface area contributed by atoms with E-state index in [1.165, 1.54) is 0 Å².